The van der Waals surface area contributed by atoms with Gasteiger partial charge >= 0.3 is 30.2 Å². The Hall–Kier alpha value is -5.65. The van der Waals surface area contributed by atoms with Crippen molar-refractivity contribution in [1.82, 2.24) is 25.6 Å². The fourth-order valence-corrected chi connectivity index (χ4v) is 5.05. The quantitative estimate of drug-likeness (QED) is 0.0724. The Morgan fingerprint density at radius 1 is 0.759 bits per heavy atom. The highest BCUT2D eigenvalue weighted by Gasteiger charge is 2.45. The van der Waals surface area contributed by atoms with Gasteiger partial charge in [0, 0.05) is 35.1 Å². The Bertz CT molecular complexity index is 1970. The summed E-state index contributed by atoms with van der Waals surface area (Å²) in [4.78, 5) is 49.8. The van der Waals surface area contributed by atoms with Gasteiger partial charge in [-0.2, -0.15) is 41.3 Å². The molecule has 12 nitrogen and oxygen atoms in total. The average molecular weight is 779 g/mol. The van der Waals surface area contributed by atoms with E-state index in [1.54, 1.807) is 26.0 Å². The minimum Gasteiger partial charge on any atom is -0.454 e. The van der Waals surface area contributed by atoms with Crippen molar-refractivity contribution in [3.05, 3.63) is 94.5 Å². The van der Waals surface area contributed by atoms with E-state index in [-0.39, 0.29) is 36.2 Å². The first-order valence-corrected chi connectivity index (χ1v) is 16.6. The number of benzene rings is 3. The summed E-state index contributed by atoms with van der Waals surface area (Å²) in [6, 6.07) is 16.2. The minimum atomic E-state index is -4.63. The zero-order valence-electron chi connectivity index (χ0n) is 28.6. The number of alkyl halides is 6. The van der Waals surface area contributed by atoms with Crippen LogP contribution < -0.4 is 31.3 Å². The molecule has 3 amide bonds. The summed E-state index contributed by atoms with van der Waals surface area (Å²) in [6.07, 6.45) is -7.76. The van der Waals surface area contributed by atoms with Crippen LogP contribution in [0.4, 0.5) is 49.6 Å². The van der Waals surface area contributed by atoms with Crippen LogP contribution in [0.3, 0.4) is 0 Å². The van der Waals surface area contributed by atoms with Gasteiger partial charge in [-0.05, 0) is 84.5 Å². The van der Waals surface area contributed by atoms with E-state index in [1.807, 2.05) is 12.1 Å². The number of hydrogen-bond donors (Lipinski definition) is 5. The summed E-state index contributed by atoms with van der Waals surface area (Å²) in [5.41, 5.74) is -0.650. The molecule has 54 heavy (non-hydrogen) atoms. The van der Waals surface area contributed by atoms with Crippen molar-refractivity contribution in [3.63, 3.8) is 0 Å². The molecule has 1 aliphatic carbocycles. The Balaban J connectivity index is 1.15. The van der Waals surface area contributed by atoms with Gasteiger partial charge in [-0.3, -0.25) is 14.4 Å². The molecule has 4 aromatic rings. The maximum absolute atomic E-state index is 12.9. The summed E-state index contributed by atoms with van der Waals surface area (Å²) in [6.45, 7) is 1.87. The first kappa shape index (κ1) is 39.6. The van der Waals surface area contributed by atoms with Gasteiger partial charge in [0.15, 0.2) is 6.61 Å². The van der Waals surface area contributed by atoms with Crippen LogP contribution in [-0.4, -0.2) is 58.5 Å². The molecule has 0 spiro atoms. The first-order valence-electron chi connectivity index (χ1n) is 16.2. The highest BCUT2D eigenvalue weighted by molar-refractivity contribution is 6.39. The molecule has 5 N–H and O–H groups in total. The number of ether oxygens (including phenoxy) is 1. The molecule has 1 fully saturated rings. The second-order valence-electron chi connectivity index (χ2n) is 13.1. The van der Waals surface area contributed by atoms with E-state index in [0.717, 1.165) is 29.8 Å². The maximum Gasteiger partial charge on any atom is 0.422 e. The third kappa shape index (κ3) is 11.2. The number of nitrogens with zero attached hydrogens (tertiary/aromatic N) is 3. The molecule has 0 aliphatic heterocycles. The van der Waals surface area contributed by atoms with Crippen LogP contribution in [0.1, 0.15) is 48.2 Å². The van der Waals surface area contributed by atoms with Crippen LogP contribution in [0.25, 0.3) is 0 Å². The normalized spacial score (nSPS) is 13.7. The maximum atomic E-state index is 12.9. The number of amides is 3. The van der Waals surface area contributed by atoms with Gasteiger partial charge in [-0.25, -0.2) is 0 Å². The fraction of sp³-hybridized carbons (Fsp3) is 0.314. The lowest BCUT2D eigenvalue weighted by Gasteiger charge is -2.25. The number of rotatable bonds is 13. The van der Waals surface area contributed by atoms with E-state index in [4.69, 9.17) is 16.3 Å². The molecule has 0 atom stereocenters. The van der Waals surface area contributed by atoms with Crippen LogP contribution in [0.2, 0.25) is 5.02 Å². The van der Waals surface area contributed by atoms with Gasteiger partial charge in [-0.15, -0.1) is 0 Å². The molecule has 1 heterocycles. The number of nitrogens with one attached hydrogen (secondary N) is 5. The van der Waals surface area contributed by atoms with E-state index in [1.165, 1.54) is 24.3 Å². The molecule has 5 rings (SSSR count). The molecule has 0 unspecified atom stereocenters. The van der Waals surface area contributed by atoms with Crippen LogP contribution in [0.5, 0.6) is 6.01 Å². The van der Waals surface area contributed by atoms with E-state index >= 15 is 0 Å². The fourth-order valence-electron chi connectivity index (χ4n) is 4.92. The molecule has 286 valence electrons. The van der Waals surface area contributed by atoms with Crippen molar-refractivity contribution in [1.29, 1.82) is 0 Å². The van der Waals surface area contributed by atoms with Gasteiger partial charge in [0.2, 0.25) is 11.9 Å². The molecular weight excluding hydrogens is 746 g/mol. The van der Waals surface area contributed by atoms with Gasteiger partial charge in [0.25, 0.3) is 5.91 Å². The molecule has 3 aromatic carbocycles. The second-order valence-corrected chi connectivity index (χ2v) is 13.6. The molecule has 19 heteroatoms. The summed E-state index contributed by atoms with van der Waals surface area (Å²) >= 11 is 6.02. The summed E-state index contributed by atoms with van der Waals surface area (Å²) < 4.78 is 81.9. The Morgan fingerprint density at radius 3 is 1.94 bits per heavy atom. The molecule has 1 aliphatic rings. The van der Waals surface area contributed by atoms with Gasteiger partial charge in [0.05, 0.1) is 11.1 Å². The predicted molar refractivity (Wildman–Crippen MR) is 186 cm³/mol. The second kappa shape index (κ2) is 15.8. The average Bonchev–Trinajstić information content (AvgIpc) is 3.89. The number of carbonyl (C=O) groups excluding carboxylic acids is 3. The van der Waals surface area contributed by atoms with Crippen molar-refractivity contribution in [3.8, 4) is 6.01 Å². The van der Waals surface area contributed by atoms with Crippen molar-refractivity contribution in [2.75, 3.05) is 35.6 Å². The molecule has 0 saturated heterocycles. The van der Waals surface area contributed by atoms with Crippen molar-refractivity contribution in [2.24, 2.45) is 5.41 Å². The van der Waals surface area contributed by atoms with Crippen molar-refractivity contribution >= 4 is 52.6 Å². The number of hydrogen-bond acceptors (Lipinski definition) is 9. The van der Waals surface area contributed by atoms with Gasteiger partial charge in [0.1, 0.15) is 0 Å². The van der Waals surface area contributed by atoms with E-state index in [2.05, 4.69) is 41.5 Å². The molecule has 1 saturated carbocycles. The van der Waals surface area contributed by atoms with Crippen LogP contribution in [0, 0.1) is 5.41 Å². The smallest absolute Gasteiger partial charge is 0.422 e. The lowest BCUT2D eigenvalue weighted by atomic mass is 9.93. The standard InChI is InChI=1S/C35H33ClF6N8O4/c1-32(2,18-44-27(52)28(53)45-24-13-7-22(8-14-24)35(40,41)42)17-43-26(51)20-3-11-25(12-4-20)46-29-47-30(49-31(48-29)54-19-34(37,38)39)50-33(15-16-33)21-5-9-23(36)10-6-21/h3-14H,15-19H2,1-2H3,(H,43,51)(H,44,52)(H,45,53)(H2,46,47,48,49,50). The van der Waals surface area contributed by atoms with Crippen LogP contribution >= 0.6 is 11.6 Å². The SMILES string of the molecule is CC(C)(CNC(=O)C(=O)Nc1ccc(C(F)(F)F)cc1)CNC(=O)c1ccc(Nc2nc(NC3(c4ccc(Cl)cc4)CC3)nc(OCC(F)(F)F)n2)cc1. The van der Waals surface area contributed by atoms with Gasteiger partial charge in [-0.1, -0.05) is 37.6 Å². The van der Waals surface area contributed by atoms with Crippen molar-refractivity contribution < 1.29 is 45.5 Å². The number of halogens is 7. The first-order chi connectivity index (χ1) is 25.3. The Labute approximate surface area is 309 Å². The van der Waals surface area contributed by atoms with E-state index in [0.29, 0.717) is 23.6 Å². The third-order valence-electron chi connectivity index (χ3n) is 8.01. The summed E-state index contributed by atoms with van der Waals surface area (Å²) in [5.74, 6) is -2.71. The highest BCUT2D eigenvalue weighted by Crippen LogP contribution is 2.48. The number of carbonyl (C=O) groups is 3. The largest absolute Gasteiger partial charge is 0.454 e. The molecule has 0 bridgehead atoms. The monoisotopic (exact) mass is 778 g/mol. The van der Waals surface area contributed by atoms with Crippen LogP contribution in [0.15, 0.2) is 72.8 Å². The van der Waals surface area contributed by atoms with E-state index < -0.39 is 59.2 Å². The van der Waals surface area contributed by atoms with E-state index in [9.17, 15) is 40.7 Å². The zero-order chi connectivity index (χ0) is 39.3. The topological polar surface area (TPSA) is 159 Å². The summed E-state index contributed by atoms with van der Waals surface area (Å²) in [5, 5.41) is 14.0. The minimum absolute atomic E-state index is 0.00221. The van der Waals surface area contributed by atoms with Crippen molar-refractivity contribution in [2.45, 2.75) is 44.6 Å². The number of anilines is 4. The molecule has 1 aromatic heterocycles. The zero-order valence-corrected chi connectivity index (χ0v) is 29.3. The predicted octanol–water partition coefficient (Wildman–Crippen LogP) is 6.84. The molecular formula is C35H33ClF6N8O4. The van der Waals surface area contributed by atoms with Crippen LogP contribution in [-0.2, 0) is 21.3 Å². The summed E-state index contributed by atoms with van der Waals surface area (Å²) in [7, 11) is 0. The molecule has 0 radical (unpaired) electrons. The Kier molecular flexibility index (Phi) is 11.5. The lowest BCUT2D eigenvalue weighted by molar-refractivity contribution is -0.154. The highest BCUT2D eigenvalue weighted by atomic mass is 35.5. The third-order valence-corrected chi connectivity index (χ3v) is 8.26. The van der Waals surface area contributed by atoms with Gasteiger partial charge < -0.3 is 31.3 Å². The lowest BCUT2D eigenvalue weighted by Crippen LogP contribution is -2.44. The Morgan fingerprint density at radius 2 is 1.35 bits per heavy atom. The number of aromatic nitrogens is 3.